The quantitative estimate of drug-likeness (QED) is 0.903. The molecule has 0 unspecified atom stereocenters. The summed E-state index contributed by atoms with van der Waals surface area (Å²) in [5, 5.41) is 17.8. The van der Waals surface area contributed by atoms with Gasteiger partial charge in [-0.1, -0.05) is 6.92 Å². The summed E-state index contributed by atoms with van der Waals surface area (Å²) >= 11 is 3.45. The van der Waals surface area contributed by atoms with Crippen LogP contribution in [0.25, 0.3) is 0 Å². The van der Waals surface area contributed by atoms with Gasteiger partial charge in [-0.25, -0.2) is 0 Å². The third-order valence-corrected chi connectivity index (χ3v) is 2.92. The van der Waals surface area contributed by atoms with Gasteiger partial charge in [-0.05, 0) is 40.5 Å². The van der Waals surface area contributed by atoms with Gasteiger partial charge in [-0.2, -0.15) is 5.26 Å². The van der Waals surface area contributed by atoms with Crippen LogP contribution in [0, 0.1) is 11.3 Å². The minimum absolute atomic E-state index is 0.131. The van der Waals surface area contributed by atoms with Crippen molar-refractivity contribution in [3.8, 4) is 6.07 Å². The Bertz CT molecular complexity index is 381. The molecular formula is C12H15BrN2O. The summed E-state index contributed by atoms with van der Waals surface area (Å²) in [6.07, 6.45) is 1.02. The summed E-state index contributed by atoms with van der Waals surface area (Å²) in [6.45, 7) is 3.73. The number of hydrogen-bond donors (Lipinski definition) is 1. The Morgan fingerprint density at radius 3 is 2.69 bits per heavy atom. The second kappa shape index (κ2) is 6.51. The average molecular weight is 283 g/mol. The highest BCUT2D eigenvalue weighted by atomic mass is 79.9. The number of aliphatic hydroxyl groups is 1. The lowest BCUT2D eigenvalue weighted by Gasteiger charge is -2.24. The molecule has 0 saturated carbocycles. The first-order valence-corrected chi connectivity index (χ1v) is 6.07. The minimum Gasteiger partial charge on any atom is -0.395 e. The monoisotopic (exact) mass is 282 g/mol. The van der Waals surface area contributed by atoms with E-state index in [1.54, 1.807) is 12.1 Å². The van der Waals surface area contributed by atoms with Crippen LogP contribution in [0.3, 0.4) is 0 Å². The first kappa shape index (κ1) is 13.0. The molecule has 0 bridgehead atoms. The molecule has 3 nitrogen and oxygen atoms in total. The van der Waals surface area contributed by atoms with Crippen molar-refractivity contribution in [2.24, 2.45) is 0 Å². The zero-order valence-corrected chi connectivity index (χ0v) is 10.9. The van der Waals surface area contributed by atoms with E-state index in [0.29, 0.717) is 12.1 Å². The van der Waals surface area contributed by atoms with Crippen LogP contribution in [0.2, 0.25) is 0 Å². The Morgan fingerprint density at radius 2 is 2.19 bits per heavy atom. The van der Waals surface area contributed by atoms with Gasteiger partial charge in [0.2, 0.25) is 0 Å². The Balaban J connectivity index is 2.96. The molecule has 0 radical (unpaired) electrons. The molecule has 0 aliphatic carbocycles. The molecule has 0 aliphatic rings. The maximum Gasteiger partial charge on any atom is 0.0992 e. The van der Waals surface area contributed by atoms with Crippen LogP contribution in [0.4, 0.5) is 5.69 Å². The largest absolute Gasteiger partial charge is 0.395 e. The van der Waals surface area contributed by atoms with Gasteiger partial charge >= 0.3 is 0 Å². The summed E-state index contributed by atoms with van der Waals surface area (Å²) in [4.78, 5) is 2.10. The van der Waals surface area contributed by atoms with Crippen LogP contribution in [0.5, 0.6) is 0 Å². The van der Waals surface area contributed by atoms with Gasteiger partial charge in [0.1, 0.15) is 0 Å². The molecule has 0 heterocycles. The van der Waals surface area contributed by atoms with Gasteiger partial charge in [0.05, 0.1) is 23.9 Å². The van der Waals surface area contributed by atoms with Gasteiger partial charge in [0, 0.05) is 17.6 Å². The zero-order valence-electron chi connectivity index (χ0n) is 9.28. The van der Waals surface area contributed by atoms with Crippen molar-refractivity contribution in [1.29, 1.82) is 5.26 Å². The fourth-order valence-corrected chi connectivity index (χ4v) is 2.21. The van der Waals surface area contributed by atoms with Crippen LogP contribution in [0.15, 0.2) is 22.7 Å². The van der Waals surface area contributed by atoms with Gasteiger partial charge in [0.15, 0.2) is 0 Å². The maximum atomic E-state index is 9.01. The molecule has 4 heteroatoms. The lowest BCUT2D eigenvalue weighted by atomic mass is 10.2. The molecular weight excluding hydrogens is 268 g/mol. The van der Waals surface area contributed by atoms with Gasteiger partial charge in [-0.3, -0.25) is 0 Å². The second-order valence-electron chi connectivity index (χ2n) is 3.49. The van der Waals surface area contributed by atoms with E-state index < -0.39 is 0 Å². The average Bonchev–Trinajstić information content (AvgIpc) is 2.29. The van der Waals surface area contributed by atoms with E-state index >= 15 is 0 Å². The minimum atomic E-state index is 0.131. The number of aliphatic hydroxyl groups excluding tert-OH is 1. The number of nitriles is 1. The number of anilines is 1. The van der Waals surface area contributed by atoms with E-state index in [1.165, 1.54) is 0 Å². The van der Waals surface area contributed by atoms with Crippen molar-refractivity contribution in [2.75, 3.05) is 24.6 Å². The summed E-state index contributed by atoms with van der Waals surface area (Å²) in [5.74, 6) is 0. The van der Waals surface area contributed by atoms with E-state index in [4.69, 9.17) is 10.4 Å². The van der Waals surface area contributed by atoms with Crippen molar-refractivity contribution in [2.45, 2.75) is 13.3 Å². The molecule has 1 rings (SSSR count). The molecule has 0 aromatic heterocycles. The van der Waals surface area contributed by atoms with Crippen LogP contribution in [0.1, 0.15) is 18.9 Å². The van der Waals surface area contributed by atoms with Crippen molar-refractivity contribution < 1.29 is 5.11 Å². The second-order valence-corrected chi connectivity index (χ2v) is 4.34. The topological polar surface area (TPSA) is 47.3 Å². The van der Waals surface area contributed by atoms with Crippen molar-refractivity contribution >= 4 is 21.6 Å². The standard InChI is InChI=1S/C12H15BrN2O/c1-2-5-15(6-7-16)12-4-3-10(9-14)8-11(12)13/h3-4,8,16H,2,5-7H2,1H3. The molecule has 1 N–H and O–H groups in total. The molecule has 0 spiro atoms. The predicted molar refractivity (Wildman–Crippen MR) is 68.4 cm³/mol. The molecule has 86 valence electrons. The Hall–Kier alpha value is -1.05. The molecule has 1 aromatic rings. The first-order valence-electron chi connectivity index (χ1n) is 5.28. The highest BCUT2D eigenvalue weighted by Crippen LogP contribution is 2.27. The molecule has 16 heavy (non-hydrogen) atoms. The lowest BCUT2D eigenvalue weighted by molar-refractivity contribution is 0.302. The van der Waals surface area contributed by atoms with Crippen LogP contribution >= 0.6 is 15.9 Å². The van der Waals surface area contributed by atoms with Crippen molar-refractivity contribution in [1.82, 2.24) is 0 Å². The first-order chi connectivity index (χ1) is 7.72. The predicted octanol–water partition coefficient (Wildman–Crippen LogP) is 2.53. The number of hydrogen-bond acceptors (Lipinski definition) is 3. The Kier molecular flexibility index (Phi) is 5.30. The number of benzene rings is 1. The zero-order chi connectivity index (χ0) is 12.0. The number of nitrogens with zero attached hydrogens (tertiary/aromatic N) is 2. The fourth-order valence-electron chi connectivity index (χ4n) is 1.58. The normalized spacial score (nSPS) is 9.88. The van der Waals surface area contributed by atoms with Gasteiger partial charge < -0.3 is 10.0 Å². The van der Waals surface area contributed by atoms with E-state index in [2.05, 4.69) is 33.8 Å². The third kappa shape index (κ3) is 3.22. The summed E-state index contributed by atoms with van der Waals surface area (Å²) in [5.41, 5.74) is 1.66. The molecule has 0 saturated heterocycles. The molecule has 0 aliphatic heterocycles. The maximum absolute atomic E-state index is 9.01. The third-order valence-electron chi connectivity index (χ3n) is 2.28. The Morgan fingerprint density at radius 1 is 1.44 bits per heavy atom. The SMILES string of the molecule is CCCN(CCO)c1ccc(C#N)cc1Br. The van der Waals surface area contributed by atoms with E-state index in [0.717, 1.165) is 23.1 Å². The molecule has 0 fully saturated rings. The van der Waals surface area contributed by atoms with E-state index in [9.17, 15) is 0 Å². The lowest BCUT2D eigenvalue weighted by Crippen LogP contribution is -2.27. The number of halogens is 1. The summed E-state index contributed by atoms with van der Waals surface area (Å²) in [6, 6.07) is 7.60. The Labute approximate surface area is 104 Å². The smallest absolute Gasteiger partial charge is 0.0992 e. The highest BCUT2D eigenvalue weighted by molar-refractivity contribution is 9.10. The van der Waals surface area contributed by atoms with Gasteiger partial charge in [-0.15, -0.1) is 0 Å². The summed E-state index contributed by atoms with van der Waals surface area (Å²) < 4.78 is 0.897. The molecule has 0 amide bonds. The van der Waals surface area contributed by atoms with Gasteiger partial charge in [0.25, 0.3) is 0 Å². The summed E-state index contributed by atoms with van der Waals surface area (Å²) in [7, 11) is 0. The van der Waals surface area contributed by atoms with Crippen molar-refractivity contribution in [3.63, 3.8) is 0 Å². The van der Waals surface area contributed by atoms with Crippen molar-refractivity contribution in [3.05, 3.63) is 28.2 Å². The highest BCUT2D eigenvalue weighted by Gasteiger charge is 2.09. The van der Waals surface area contributed by atoms with Crippen LogP contribution in [-0.4, -0.2) is 24.8 Å². The van der Waals surface area contributed by atoms with E-state index in [-0.39, 0.29) is 6.61 Å². The van der Waals surface area contributed by atoms with Crippen LogP contribution < -0.4 is 4.90 Å². The fraction of sp³-hybridized carbons (Fsp3) is 0.417. The van der Waals surface area contributed by atoms with E-state index in [1.807, 2.05) is 6.07 Å². The van der Waals surface area contributed by atoms with Crippen LogP contribution in [-0.2, 0) is 0 Å². The molecule has 0 atom stereocenters. The number of rotatable bonds is 5. The molecule has 1 aromatic carbocycles.